The Morgan fingerprint density at radius 1 is 0.525 bits per heavy atom. The molecule has 0 aromatic heterocycles. The minimum Gasteiger partial charge on any atom is -0.469 e. The maximum atomic E-state index is 13.1. The minimum atomic E-state index is -0.371. The molecule has 0 spiro atoms. The SMILES string of the molecule is COC(=O)[C@H](C)C[C@H](C)C(=O)N1CCOCCOCCN(C(=O)[C@@H](C)C[C@H](C)C(=O)OC)CCOCCOCC1. The van der Waals surface area contributed by atoms with Crippen molar-refractivity contribution >= 4 is 23.8 Å². The predicted octanol–water partition coefficient (Wildman–Crippen LogP) is 1.39. The zero-order chi connectivity index (χ0) is 29.9. The minimum absolute atomic E-state index is 0.0650. The first-order valence-corrected chi connectivity index (χ1v) is 14.2. The van der Waals surface area contributed by atoms with Crippen LogP contribution in [-0.2, 0) is 47.6 Å². The fraction of sp³-hybridized carbons (Fsp3) is 0.857. The molecule has 2 amide bonds. The van der Waals surface area contributed by atoms with E-state index in [0.29, 0.717) is 91.9 Å². The van der Waals surface area contributed by atoms with Gasteiger partial charge in [0.2, 0.25) is 11.8 Å². The molecule has 0 aromatic rings. The summed E-state index contributed by atoms with van der Waals surface area (Å²) >= 11 is 0. The van der Waals surface area contributed by atoms with Gasteiger partial charge in [0.1, 0.15) is 0 Å². The summed E-state index contributed by atoms with van der Waals surface area (Å²) in [6, 6.07) is 0. The first kappa shape index (κ1) is 35.7. The summed E-state index contributed by atoms with van der Waals surface area (Å²) in [4.78, 5) is 53.1. The molecule has 0 N–H and O–H groups in total. The molecule has 1 aliphatic heterocycles. The van der Waals surface area contributed by atoms with E-state index in [-0.39, 0.29) is 47.4 Å². The Morgan fingerprint density at radius 2 is 0.800 bits per heavy atom. The monoisotopic (exact) mass is 574 g/mol. The Bertz CT molecular complexity index is 683. The molecule has 0 aromatic carbocycles. The van der Waals surface area contributed by atoms with Crippen molar-refractivity contribution in [3.63, 3.8) is 0 Å². The number of hydrogen-bond acceptors (Lipinski definition) is 10. The van der Waals surface area contributed by atoms with E-state index in [9.17, 15) is 19.2 Å². The van der Waals surface area contributed by atoms with E-state index >= 15 is 0 Å². The highest BCUT2D eigenvalue weighted by Gasteiger charge is 2.26. The van der Waals surface area contributed by atoms with Crippen LogP contribution in [0.3, 0.4) is 0 Å². The molecule has 12 nitrogen and oxygen atoms in total. The molecule has 1 aliphatic rings. The largest absolute Gasteiger partial charge is 0.469 e. The Morgan fingerprint density at radius 3 is 1.05 bits per heavy atom. The van der Waals surface area contributed by atoms with Gasteiger partial charge in [0.05, 0.1) is 78.9 Å². The van der Waals surface area contributed by atoms with Gasteiger partial charge in [0, 0.05) is 38.0 Å². The van der Waals surface area contributed by atoms with Gasteiger partial charge < -0.3 is 38.2 Å². The van der Waals surface area contributed by atoms with Crippen LogP contribution in [0.4, 0.5) is 0 Å². The highest BCUT2D eigenvalue weighted by Crippen LogP contribution is 2.17. The van der Waals surface area contributed by atoms with Gasteiger partial charge in [0.15, 0.2) is 0 Å². The topological polar surface area (TPSA) is 130 Å². The van der Waals surface area contributed by atoms with Gasteiger partial charge in [-0.2, -0.15) is 0 Å². The maximum absolute atomic E-state index is 13.1. The third kappa shape index (κ3) is 13.9. The highest BCUT2D eigenvalue weighted by atomic mass is 16.5. The molecular formula is C28H50N2O10. The van der Waals surface area contributed by atoms with E-state index in [1.807, 2.05) is 13.8 Å². The van der Waals surface area contributed by atoms with Gasteiger partial charge in [-0.15, -0.1) is 0 Å². The second-order valence-corrected chi connectivity index (χ2v) is 10.2. The van der Waals surface area contributed by atoms with E-state index in [1.54, 1.807) is 23.6 Å². The van der Waals surface area contributed by atoms with Gasteiger partial charge in [-0.25, -0.2) is 0 Å². The quantitative estimate of drug-likeness (QED) is 0.392. The molecule has 1 saturated heterocycles. The Balaban J connectivity index is 2.63. The molecule has 0 radical (unpaired) electrons. The molecule has 40 heavy (non-hydrogen) atoms. The Hall–Kier alpha value is -2.28. The average Bonchev–Trinajstić information content (AvgIpc) is 2.94. The number of ether oxygens (including phenoxy) is 6. The van der Waals surface area contributed by atoms with Gasteiger partial charge >= 0.3 is 11.9 Å². The fourth-order valence-corrected chi connectivity index (χ4v) is 4.49. The summed E-state index contributed by atoms with van der Waals surface area (Å²) < 4.78 is 32.3. The Labute approximate surface area is 238 Å². The number of amides is 2. The van der Waals surface area contributed by atoms with Crippen LogP contribution in [0.25, 0.3) is 0 Å². The van der Waals surface area contributed by atoms with Gasteiger partial charge in [0.25, 0.3) is 0 Å². The molecule has 1 rings (SSSR count). The molecule has 1 fully saturated rings. The van der Waals surface area contributed by atoms with Crippen molar-refractivity contribution in [3.05, 3.63) is 0 Å². The first-order valence-electron chi connectivity index (χ1n) is 14.2. The van der Waals surface area contributed by atoms with E-state index in [1.165, 1.54) is 14.2 Å². The van der Waals surface area contributed by atoms with Crippen LogP contribution < -0.4 is 0 Å². The molecule has 0 saturated carbocycles. The zero-order valence-electron chi connectivity index (χ0n) is 25.2. The van der Waals surface area contributed by atoms with Crippen molar-refractivity contribution in [2.24, 2.45) is 23.7 Å². The lowest BCUT2D eigenvalue weighted by atomic mass is 9.96. The van der Waals surface area contributed by atoms with Gasteiger partial charge in [-0.3, -0.25) is 19.2 Å². The van der Waals surface area contributed by atoms with E-state index in [2.05, 4.69) is 0 Å². The lowest BCUT2D eigenvalue weighted by molar-refractivity contribution is -0.147. The van der Waals surface area contributed by atoms with Crippen LogP contribution in [0.2, 0.25) is 0 Å². The molecule has 12 heteroatoms. The van der Waals surface area contributed by atoms with Crippen LogP contribution in [-0.4, -0.2) is 127 Å². The molecule has 1 heterocycles. The van der Waals surface area contributed by atoms with Crippen molar-refractivity contribution in [2.45, 2.75) is 40.5 Å². The average molecular weight is 575 g/mol. The highest BCUT2D eigenvalue weighted by molar-refractivity contribution is 5.80. The van der Waals surface area contributed by atoms with Crippen molar-refractivity contribution in [1.82, 2.24) is 9.80 Å². The number of nitrogens with zero attached hydrogens (tertiary/aromatic N) is 2. The number of carbonyl (C=O) groups excluding carboxylic acids is 4. The normalized spacial score (nSPS) is 20.2. The van der Waals surface area contributed by atoms with Crippen LogP contribution in [0.5, 0.6) is 0 Å². The Kier molecular flexibility index (Phi) is 18.4. The third-order valence-corrected chi connectivity index (χ3v) is 6.85. The summed E-state index contributed by atoms with van der Waals surface area (Å²) in [5, 5.41) is 0. The molecular weight excluding hydrogens is 524 g/mol. The summed E-state index contributed by atoms with van der Waals surface area (Å²) in [5.41, 5.74) is 0. The number of rotatable bonds is 8. The van der Waals surface area contributed by atoms with E-state index in [0.717, 1.165) is 0 Å². The summed E-state index contributed by atoms with van der Waals surface area (Å²) in [6.07, 6.45) is 0.794. The number of esters is 2. The number of methoxy groups -OCH3 is 2. The van der Waals surface area contributed by atoms with Gasteiger partial charge in [-0.1, -0.05) is 27.7 Å². The standard InChI is InChI=1S/C28H50N2O10/c1-21(19-23(3)27(33)35-5)25(31)29-7-11-37-15-17-39-13-9-30(10-14-40-18-16-38-12-8-29)26(32)22(2)20-24(4)28(34)36-6/h21-24H,7-20H2,1-6H3/t21-,22-,23-,24+/m0/s1. The summed E-state index contributed by atoms with van der Waals surface area (Å²) in [7, 11) is 2.68. The smallest absolute Gasteiger partial charge is 0.308 e. The molecule has 0 aliphatic carbocycles. The van der Waals surface area contributed by atoms with E-state index < -0.39 is 0 Å². The van der Waals surface area contributed by atoms with Crippen LogP contribution in [0.1, 0.15) is 40.5 Å². The second-order valence-electron chi connectivity index (χ2n) is 10.2. The van der Waals surface area contributed by atoms with Crippen molar-refractivity contribution in [1.29, 1.82) is 0 Å². The van der Waals surface area contributed by atoms with Crippen molar-refractivity contribution < 1.29 is 47.6 Å². The van der Waals surface area contributed by atoms with Crippen LogP contribution in [0, 0.1) is 23.7 Å². The summed E-state index contributed by atoms with van der Waals surface area (Å²) in [6.45, 7) is 11.4. The lowest BCUT2D eigenvalue weighted by Gasteiger charge is -2.27. The summed E-state index contributed by atoms with van der Waals surface area (Å²) in [5.74, 6) is -2.24. The molecule has 4 atom stereocenters. The van der Waals surface area contributed by atoms with Crippen molar-refractivity contribution in [3.8, 4) is 0 Å². The van der Waals surface area contributed by atoms with Crippen LogP contribution >= 0.6 is 0 Å². The fourth-order valence-electron chi connectivity index (χ4n) is 4.49. The van der Waals surface area contributed by atoms with Gasteiger partial charge in [-0.05, 0) is 12.8 Å². The maximum Gasteiger partial charge on any atom is 0.308 e. The van der Waals surface area contributed by atoms with Crippen LogP contribution in [0.15, 0.2) is 0 Å². The number of carbonyl (C=O) groups is 4. The number of hydrogen-bond donors (Lipinski definition) is 0. The first-order chi connectivity index (χ1) is 19.1. The molecule has 0 unspecified atom stereocenters. The molecule has 232 valence electrons. The lowest BCUT2D eigenvalue weighted by Crippen LogP contribution is -2.41. The zero-order valence-corrected chi connectivity index (χ0v) is 25.2. The molecule has 0 bridgehead atoms. The van der Waals surface area contributed by atoms with E-state index in [4.69, 9.17) is 28.4 Å². The van der Waals surface area contributed by atoms with Crippen molar-refractivity contribution in [2.75, 3.05) is 93.3 Å². The third-order valence-electron chi connectivity index (χ3n) is 6.85. The predicted molar refractivity (Wildman–Crippen MR) is 146 cm³/mol. The second kappa shape index (κ2) is 20.6.